The molecule has 4 heteroatoms. The molecule has 0 aliphatic heterocycles. The fourth-order valence-corrected chi connectivity index (χ4v) is 1.53. The van der Waals surface area contributed by atoms with Gasteiger partial charge >= 0.3 is 0 Å². The summed E-state index contributed by atoms with van der Waals surface area (Å²) in [6.45, 7) is 0.906. The second kappa shape index (κ2) is 5.28. The molecular weight excluding hydrogens is 214 g/mol. The Hall–Kier alpha value is -2.12. The predicted octanol–water partition coefficient (Wildman–Crippen LogP) is 2.30. The number of benzene rings is 1. The highest BCUT2D eigenvalue weighted by Crippen LogP contribution is 2.19. The van der Waals surface area contributed by atoms with Crippen LogP contribution in [0.5, 0.6) is 0 Å². The van der Waals surface area contributed by atoms with Crippen LogP contribution in [0.15, 0.2) is 40.9 Å². The van der Waals surface area contributed by atoms with Crippen molar-refractivity contribution >= 4 is 0 Å². The molecule has 1 aromatic heterocycles. The Morgan fingerprint density at radius 3 is 2.82 bits per heavy atom. The smallest absolute Gasteiger partial charge is 0.209 e. The molecular formula is C13H13N3O. The molecule has 1 aromatic carbocycles. The van der Waals surface area contributed by atoms with Gasteiger partial charge in [-0.1, -0.05) is 30.3 Å². The van der Waals surface area contributed by atoms with Gasteiger partial charge in [0.2, 0.25) is 5.89 Å². The zero-order valence-corrected chi connectivity index (χ0v) is 9.63. The molecule has 0 bridgehead atoms. The lowest BCUT2D eigenvalue weighted by atomic mass is 10.2. The molecule has 0 aliphatic carbocycles. The lowest BCUT2D eigenvalue weighted by Gasteiger charge is -2.08. The second-order valence-corrected chi connectivity index (χ2v) is 3.81. The number of hydrogen-bond acceptors (Lipinski definition) is 4. The molecule has 4 nitrogen and oxygen atoms in total. The first-order valence-electron chi connectivity index (χ1n) is 5.35. The van der Waals surface area contributed by atoms with Crippen LogP contribution in [0.25, 0.3) is 11.3 Å². The lowest BCUT2D eigenvalue weighted by molar-refractivity contribution is 0.320. The van der Waals surface area contributed by atoms with Gasteiger partial charge in [0, 0.05) is 5.56 Å². The number of rotatable bonds is 4. The van der Waals surface area contributed by atoms with Crippen LogP contribution < -0.4 is 0 Å². The normalized spacial score (nSPS) is 10.4. The maximum atomic E-state index is 8.56. The standard InChI is InChI=1S/C13H13N3O/c1-16(8-7-14)10-13-15-9-12(17-13)11-5-3-2-4-6-11/h2-6,9H,8,10H2,1H3. The Morgan fingerprint density at radius 1 is 1.35 bits per heavy atom. The molecule has 86 valence electrons. The molecule has 0 fully saturated rings. The van der Waals surface area contributed by atoms with Crippen molar-refractivity contribution in [2.75, 3.05) is 13.6 Å². The van der Waals surface area contributed by atoms with Crippen molar-refractivity contribution in [1.82, 2.24) is 9.88 Å². The molecule has 0 amide bonds. The largest absolute Gasteiger partial charge is 0.439 e. The van der Waals surface area contributed by atoms with Crippen LogP contribution in [0.2, 0.25) is 0 Å². The maximum Gasteiger partial charge on any atom is 0.209 e. The number of oxazole rings is 1. The van der Waals surface area contributed by atoms with Gasteiger partial charge in [0.15, 0.2) is 5.76 Å². The van der Waals surface area contributed by atoms with Gasteiger partial charge in [-0.25, -0.2) is 4.98 Å². The molecule has 1 heterocycles. The van der Waals surface area contributed by atoms with Crippen LogP contribution >= 0.6 is 0 Å². The van der Waals surface area contributed by atoms with E-state index in [2.05, 4.69) is 11.1 Å². The summed E-state index contributed by atoms with van der Waals surface area (Å²) >= 11 is 0. The average molecular weight is 227 g/mol. The highest BCUT2D eigenvalue weighted by molar-refractivity contribution is 5.55. The molecule has 0 atom stereocenters. The number of aromatic nitrogens is 1. The van der Waals surface area contributed by atoms with E-state index in [0.717, 1.165) is 11.3 Å². The van der Waals surface area contributed by atoms with Crippen LogP contribution in [0.3, 0.4) is 0 Å². The number of hydrogen-bond donors (Lipinski definition) is 0. The first-order valence-corrected chi connectivity index (χ1v) is 5.35. The van der Waals surface area contributed by atoms with Gasteiger partial charge in [0.1, 0.15) is 0 Å². The Bertz CT molecular complexity index is 513. The van der Waals surface area contributed by atoms with Gasteiger partial charge in [0.25, 0.3) is 0 Å². The van der Waals surface area contributed by atoms with E-state index in [4.69, 9.17) is 9.68 Å². The van der Waals surface area contributed by atoms with Crippen molar-refractivity contribution in [3.05, 3.63) is 42.4 Å². The van der Waals surface area contributed by atoms with Crippen molar-refractivity contribution in [1.29, 1.82) is 5.26 Å². The van der Waals surface area contributed by atoms with Crippen LogP contribution in [0, 0.1) is 11.3 Å². The average Bonchev–Trinajstić information content (AvgIpc) is 2.79. The van der Waals surface area contributed by atoms with Gasteiger partial charge in [0.05, 0.1) is 25.4 Å². The summed E-state index contributed by atoms with van der Waals surface area (Å²) < 4.78 is 5.62. The molecule has 0 saturated heterocycles. The van der Waals surface area contributed by atoms with Gasteiger partial charge < -0.3 is 4.42 Å². The summed E-state index contributed by atoms with van der Waals surface area (Å²) in [5.74, 6) is 1.38. The van der Waals surface area contributed by atoms with Gasteiger partial charge in [-0.15, -0.1) is 0 Å². The highest BCUT2D eigenvalue weighted by Gasteiger charge is 2.07. The van der Waals surface area contributed by atoms with Crippen LogP contribution in [-0.4, -0.2) is 23.5 Å². The van der Waals surface area contributed by atoms with E-state index in [1.807, 2.05) is 42.3 Å². The summed E-state index contributed by atoms with van der Waals surface area (Å²) in [7, 11) is 1.86. The summed E-state index contributed by atoms with van der Waals surface area (Å²) in [5, 5.41) is 8.56. The van der Waals surface area contributed by atoms with Crippen LogP contribution in [0.4, 0.5) is 0 Å². The molecule has 0 saturated carbocycles. The highest BCUT2D eigenvalue weighted by atomic mass is 16.4. The third kappa shape index (κ3) is 2.92. The van der Waals surface area contributed by atoms with E-state index < -0.39 is 0 Å². The molecule has 0 aliphatic rings. The van der Waals surface area contributed by atoms with Gasteiger partial charge in [-0.3, -0.25) is 4.90 Å². The van der Waals surface area contributed by atoms with Crippen molar-refractivity contribution in [2.45, 2.75) is 6.54 Å². The van der Waals surface area contributed by atoms with E-state index in [0.29, 0.717) is 19.0 Å². The van der Waals surface area contributed by atoms with Crippen molar-refractivity contribution in [2.24, 2.45) is 0 Å². The third-order valence-corrected chi connectivity index (χ3v) is 2.36. The third-order valence-electron chi connectivity index (χ3n) is 2.36. The van der Waals surface area contributed by atoms with E-state index in [1.165, 1.54) is 0 Å². The topological polar surface area (TPSA) is 53.1 Å². The molecule has 0 N–H and O–H groups in total. The minimum Gasteiger partial charge on any atom is -0.439 e. The summed E-state index contributed by atoms with van der Waals surface area (Å²) in [6, 6.07) is 11.9. The molecule has 0 spiro atoms. The van der Waals surface area contributed by atoms with Crippen LogP contribution in [0.1, 0.15) is 5.89 Å². The Balaban J connectivity index is 2.09. The van der Waals surface area contributed by atoms with Gasteiger partial charge in [-0.2, -0.15) is 5.26 Å². The maximum absolute atomic E-state index is 8.56. The molecule has 0 radical (unpaired) electrons. The fraction of sp³-hybridized carbons (Fsp3) is 0.231. The van der Waals surface area contributed by atoms with Crippen LogP contribution in [-0.2, 0) is 6.54 Å². The Kier molecular flexibility index (Phi) is 3.53. The second-order valence-electron chi connectivity index (χ2n) is 3.81. The predicted molar refractivity (Wildman–Crippen MR) is 63.9 cm³/mol. The monoisotopic (exact) mass is 227 g/mol. The molecule has 2 rings (SSSR count). The zero-order valence-electron chi connectivity index (χ0n) is 9.63. The minimum absolute atomic E-state index is 0.364. The summed E-state index contributed by atoms with van der Waals surface area (Å²) in [6.07, 6.45) is 1.71. The fourth-order valence-electron chi connectivity index (χ4n) is 1.53. The first kappa shape index (κ1) is 11.4. The molecule has 0 unspecified atom stereocenters. The van der Waals surface area contributed by atoms with Crippen molar-refractivity contribution < 1.29 is 4.42 Å². The van der Waals surface area contributed by atoms with E-state index in [1.54, 1.807) is 6.20 Å². The Morgan fingerprint density at radius 2 is 2.12 bits per heavy atom. The van der Waals surface area contributed by atoms with Crippen molar-refractivity contribution in [3.63, 3.8) is 0 Å². The number of nitrogens with zero attached hydrogens (tertiary/aromatic N) is 3. The zero-order chi connectivity index (χ0) is 12.1. The molecule has 2 aromatic rings. The summed E-state index contributed by atoms with van der Waals surface area (Å²) in [5.41, 5.74) is 1.01. The van der Waals surface area contributed by atoms with Gasteiger partial charge in [-0.05, 0) is 7.05 Å². The Labute approximate surface area is 100 Å². The minimum atomic E-state index is 0.364. The lowest BCUT2D eigenvalue weighted by Crippen LogP contribution is -2.17. The summed E-state index contributed by atoms with van der Waals surface area (Å²) in [4.78, 5) is 6.04. The quantitative estimate of drug-likeness (QED) is 0.752. The first-order chi connectivity index (χ1) is 8.29. The van der Waals surface area contributed by atoms with Crippen molar-refractivity contribution in [3.8, 4) is 17.4 Å². The van der Waals surface area contributed by atoms with E-state index in [-0.39, 0.29) is 0 Å². The molecule has 17 heavy (non-hydrogen) atoms. The SMILES string of the molecule is CN(CC#N)Cc1ncc(-c2ccccc2)o1. The number of nitriles is 1. The van der Waals surface area contributed by atoms with E-state index in [9.17, 15) is 0 Å². The van der Waals surface area contributed by atoms with E-state index >= 15 is 0 Å².